The third-order valence-electron chi connectivity index (χ3n) is 6.45. The average Bonchev–Trinajstić information content (AvgIpc) is 2.88. The molecule has 5 nitrogen and oxygen atoms in total. The number of sulfonamides is 1. The second-order valence-electron chi connectivity index (χ2n) is 7.52. The van der Waals surface area contributed by atoms with Crippen molar-refractivity contribution in [3.05, 3.63) is 12.0 Å². The van der Waals surface area contributed by atoms with E-state index in [0.717, 1.165) is 12.8 Å². The van der Waals surface area contributed by atoms with Gasteiger partial charge in [0.05, 0.1) is 0 Å². The zero-order valence-electron chi connectivity index (χ0n) is 13.5. The second kappa shape index (κ2) is 4.32. The van der Waals surface area contributed by atoms with E-state index in [2.05, 4.69) is 30.5 Å². The van der Waals surface area contributed by atoms with Crippen LogP contribution in [-0.4, -0.2) is 24.0 Å². The van der Waals surface area contributed by atoms with Crippen molar-refractivity contribution in [2.45, 2.75) is 58.0 Å². The number of nitrogens with one attached hydrogen (secondary N) is 1. The summed E-state index contributed by atoms with van der Waals surface area (Å²) in [6, 6.07) is 0.0126. The van der Waals surface area contributed by atoms with Gasteiger partial charge in [-0.1, -0.05) is 20.8 Å². The maximum atomic E-state index is 12.6. The average molecular weight is 311 g/mol. The van der Waals surface area contributed by atoms with Crippen LogP contribution in [0, 0.1) is 23.7 Å². The Bertz CT molecular complexity index is 658. The van der Waals surface area contributed by atoms with Crippen molar-refractivity contribution in [2.24, 2.45) is 23.8 Å². The number of hydrogen-bond donors (Lipinski definition) is 1. The number of fused-ring (bicyclic) bond motifs is 2. The first-order chi connectivity index (χ1) is 9.58. The van der Waals surface area contributed by atoms with Gasteiger partial charge in [-0.2, -0.15) is 0 Å². The van der Waals surface area contributed by atoms with Gasteiger partial charge in [-0.05, 0) is 42.9 Å². The van der Waals surface area contributed by atoms with Crippen molar-refractivity contribution < 1.29 is 8.42 Å². The van der Waals surface area contributed by atoms with Crippen LogP contribution in [0.3, 0.4) is 0 Å². The van der Waals surface area contributed by atoms with Crippen LogP contribution in [0.4, 0.5) is 0 Å². The van der Waals surface area contributed by atoms with E-state index in [1.54, 1.807) is 17.7 Å². The topological polar surface area (TPSA) is 64.0 Å². The molecule has 2 saturated carbocycles. The molecule has 1 aromatic heterocycles. The Kier molecular flexibility index (Phi) is 3.09. The summed E-state index contributed by atoms with van der Waals surface area (Å²) in [5.41, 5.74) is 0.231. The molecule has 2 fully saturated rings. The molecule has 0 radical (unpaired) electrons. The van der Waals surface area contributed by atoms with E-state index in [0.29, 0.717) is 11.7 Å². The highest BCUT2D eigenvalue weighted by atomic mass is 32.2. The molecule has 6 heteroatoms. The van der Waals surface area contributed by atoms with E-state index in [-0.39, 0.29) is 21.9 Å². The van der Waals surface area contributed by atoms with Crippen LogP contribution >= 0.6 is 0 Å². The molecule has 21 heavy (non-hydrogen) atoms. The lowest BCUT2D eigenvalue weighted by Gasteiger charge is -2.39. The molecule has 0 saturated heterocycles. The van der Waals surface area contributed by atoms with E-state index in [1.807, 2.05) is 7.05 Å². The van der Waals surface area contributed by atoms with E-state index >= 15 is 0 Å². The van der Waals surface area contributed by atoms with Gasteiger partial charge in [-0.25, -0.2) is 18.1 Å². The summed E-state index contributed by atoms with van der Waals surface area (Å²) < 4.78 is 29.9. The summed E-state index contributed by atoms with van der Waals surface area (Å²) in [4.78, 5) is 4.16. The summed E-state index contributed by atoms with van der Waals surface area (Å²) in [6.07, 6.45) is 4.83. The maximum absolute atomic E-state index is 12.6. The second-order valence-corrected chi connectivity index (χ2v) is 9.18. The zero-order valence-corrected chi connectivity index (χ0v) is 14.3. The molecule has 1 N–H and O–H groups in total. The Balaban J connectivity index is 1.88. The number of imidazole rings is 1. The standard InChI is InChI=1S/C15H25N3O2S/c1-10-16-13(9-18(10)5)21(19,20)17-12-8-11-6-7-15(12,4)14(11,2)3/h9,11-12,17H,6-8H2,1-5H3. The number of nitrogens with zero attached hydrogens (tertiary/aromatic N) is 2. The van der Waals surface area contributed by atoms with Gasteiger partial charge < -0.3 is 4.57 Å². The minimum atomic E-state index is -3.54. The van der Waals surface area contributed by atoms with Crippen LogP contribution in [0.2, 0.25) is 0 Å². The molecule has 118 valence electrons. The predicted molar refractivity (Wildman–Crippen MR) is 81.3 cm³/mol. The Hall–Kier alpha value is -0.880. The molecule has 1 heterocycles. The summed E-state index contributed by atoms with van der Waals surface area (Å²) in [5, 5.41) is 0.131. The third kappa shape index (κ3) is 1.99. The summed E-state index contributed by atoms with van der Waals surface area (Å²) in [7, 11) is -1.73. The Morgan fingerprint density at radius 3 is 2.48 bits per heavy atom. The van der Waals surface area contributed by atoms with Gasteiger partial charge in [0.15, 0.2) is 5.03 Å². The molecule has 2 bridgehead atoms. The molecule has 0 spiro atoms. The number of rotatable bonds is 3. The van der Waals surface area contributed by atoms with Crippen molar-refractivity contribution in [2.75, 3.05) is 0 Å². The minimum absolute atomic E-state index is 0.0126. The highest BCUT2D eigenvalue weighted by molar-refractivity contribution is 7.89. The zero-order chi connectivity index (χ0) is 15.6. The van der Waals surface area contributed by atoms with Crippen molar-refractivity contribution in [3.8, 4) is 0 Å². The molecule has 0 aliphatic heterocycles. The first-order valence-corrected chi connectivity index (χ1v) is 9.08. The van der Waals surface area contributed by atoms with Crippen LogP contribution in [0.5, 0.6) is 0 Å². The molecule has 2 aliphatic rings. The lowest BCUT2D eigenvalue weighted by Crippen LogP contribution is -2.46. The van der Waals surface area contributed by atoms with Crippen LogP contribution in [0.1, 0.15) is 45.9 Å². The fraction of sp³-hybridized carbons (Fsp3) is 0.800. The molecule has 3 rings (SSSR count). The third-order valence-corrected chi connectivity index (χ3v) is 7.80. The molecule has 0 aromatic carbocycles. The fourth-order valence-electron chi connectivity index (χ4n) is 4.29. The van der Waals surface area contributed by atoms with Crippen molar-refractivity contribution in [1.82, 2.24) is 14.3 Å². The molecule has 3 atom stereocenters. The summed E-state index contributed by atoms with van der Waals surface area (Å²) in [6.45, 7) is 8.60. The highest BCUT2D eigenvalue weighted by Crippen LogP contribution is 2.65. The van der Waals surface area contributed by atoms with Crippen LogP contribution < -0.4 is 4.72 Å². The Morgan fingerprint density at radius 1 is 1.38 bits per heavy atom. The largest absolute Gasteiger partial charge is 0.337 e. The fourth-order valence-corrected chi connectivity index (χ4v) is 5.69. The maximum Gasteiger partial charge on any atom is 0.259 e. The van der Waals surface area contributed by atoms with E-state index in [1.165, 1.54) is 6.42 Å². The molecule has 3 unspecified atom stereocenters. The summed E-state index contributed by atoms with van der Waals surface area (Å²) >= 11 is 0. The van der Waals surface area contributed by atoms with E-state index in [9.17, 15) is 8.42 Å². The number of aromatic nitrogens is 2. The van der Waals surface area contributed by atoms with Crippen molar-refractivity contribution >= 4 is 10.0 Å². The SMILES string of the molecule is Cc1nc(S(=O)(=O)NC2CC3CCC2(C)C3(C)C)cn1C. The van der Waals surface area contributed by atoms with Crippen LogP contribution in [0.25, 0.3) is 0 Å². The van der Waals surface area contributed by atoms with Gasteiger partial charge in [-0.3, -0.25) is 0 Å². The monoisotopic (exact) mass is 311 g/mol. The molecular weight excluding hydrogens is 286 g/mol. The minimum Gasteiger partial charge on any atom is -0.337 e. The van der Waals surface area contributed by atoms with Crippen molar-refractivity contribution in [3.63, 3.8) is 0 Å². The number of aryl methyl sites for hydroxylation is 2. The molecule has 2 aliphatic carbocycles. The van der Waals surface area contributed by atoms with Crippen molar-refractivity contribution in [1.29, 1.82) is 0 Å². The Morgan fingerprint density at radius 2 is 2.05 bits per heavy atom. The molecule has 0 amide bonds. The number of hydrogen-bond acceptors (Lipinski definition) is 3. The molecular formula is C15H25N3O2S. The van der Waals surface area contributed by atoms with E-state index < -0.39 is 10.0 Å². The van der Waals surface area contributed by atoms with Gasteiger partial charge in [0.25, 0.3) is 10.0 Å². The van der Waals surface area contributed by atoms with Gasteiger partial charge in [-0.15, -0.1) is 0 Å². The van der Waals surface area contributed by atoms with Gasteiger partial charge in [0.2, 0.25) is 0 Å². The van der Waals surface area contributed by atoms with Gasteiger partial charge >= 0.3 is 0 Å². The normalized spacial score (nSPS) is 34.5. The first kappa shape index (κ1) is 15.0. The molecule has 1 aromatic rings. The summed E-state index contributed by atoms with van der Waals surface area (Å²) in [5.74, 6) is 1.32. The lowest BCUT2D eigenvalue weighted by atomic mass is 9.69. The van der Waals surface area contributed by atoms with Gasteiger partial charge in [0, 0.05) is 19.3 Å². The predicted octanol–water partition coefficient (Wildman–Crippen LogP) is 2.22. The van der Waals surface area contributed by atoms with Crippen LogP contribution in [0.15, 0.2) is 11.2 Å². The Labute approximate surface area is 127 Å². The first-order valence-electron chi connectivity index (χ1n) is 7.60. The van der Waals surface area contributed by atoms with E-state index in [4.69, 9.17) is 0 Å². The smallest absolute Gasteiger partial charge is 0.259 e. The van der Waals surface area contributed by atoms with Crippen LogP contribution in [-0.2, 0) is 17.1 Å². The lowest BCUT2D eigenvalue weighted by molar-refractivity contribution is 0.130. The highest BCUT2D eigenvalue weighted by Gasteiger charge is 2.61. The van der Waals surface area contributed by atoms with Gasteiger partial charge in [0.1, 0.15) is 5.82 Å². The quantitative estimate of drug-likeness (QED) is 0.931.